The van der Waals surface area contributed by atoms with Gasteiger partial charge in [0.1, 0.15) is 0 Å². The van der Waals surface area contributed by atoms with Crippen LogP contribution in [0.25, 0.3) is 0 Å². The maximum absolute atomic E-state index is 4.11. The number of rotatable bonds is 6. The summed E-state index contributed by atoms with van der Waals surface area (Å²) in [5.74, 6) is 1.53. The van der Waals surface area contributed by atoms with Gasteiger partial charge in [-0.1, -0.05) is 13.8 Å². The Balaban J connectivity index is 2.42. The van der Waals surface area contributed by atoms with Crippen LogP contribution < -0.4 is 5.32 Å². The lowest BCUT2D eigenvalue weighted by atomic mass is 9.94. The monoisotopic (exact) mass is 212 g/mol. The second-order valence-corrected chi connectivity index (χ2v) is 5.20. The molecule has 2 nitrogen and oxygen atoms in total. The Labute approximate surface area is 90.8 Å². The maximum Gasteiger partial charge on any atom is 0.0794 e. The van der Waals surface area contributed by atoms with E-state index in [1.54, 1.807) is 11.3 Å². The molecule has 0 aliphatic rings. The zero-order valence-electron chi connectivity index (χ0n) is 9.29. The van der Waals surface area contributed by atoms with Gasteiger partial charge in [-0.15, -0.1) is 11.3 Å². The van der Waals surface area contributed by atoms with Gasteiger partial charge in [0, 0.05) is 11.1 Å². The van der Waals surface area contributed by atoms with Crippen molar-refractivity contribution < 1.29 is 0 Å². The van der Waals surface area contributed by atoms with Gasteiger partial charge in [-0.25, -0.2) is 0 Å². The molecule has 1 aromatic rings. The van der Waals surface area contributed by atoms with Crippen molar-refractivity contribution in [1.82, 2.24) is 10.3 Å². The van der Waals surface area contributed by atoms with Crippen LogP contribution in [0, 0.1) is 11.8 Å². The number of nitrogens with one attached hydrogen (secondary N) is 1. The minimum Gasteiger partial charge on any atom is -0.319 e. The van der Waals surface area contributed by atoms with E-state index >= 15 is 0 Å². The summed E-state index contributed by atoms with van der Waals surface area (Å²) in [5, 5.41) is 3.27. The number of nitrogens with zero attached hydrogens (tertiary/aromatic N) is 1. The maximum atomic E-state index is 4.11. The second kappa shape index (κ2) is 6.14. The Morgan fingerprint density at radius 1 is 1.50 bits per heavy atom. The van der Waals surface area contributed by atoms with Crippen LogP contribution in [-0.4, -0.2) is 18.6 Å². The van der Waals surface area contributed by atoms with E-state index in [0.717, 1.165) is 18.4 Å². The van der Waals surface area contributed by atoms with Crippen molar-refractivity contribution in [3.05, 3.63) is 16.6 Å². The summed E-state index contributed by atoms with van der Waals surface area (Å²) in [6, 6.07) is 0. The van der Waals surface area contributed by atoms with Crippen LogP contribution in [0.3, 0.4) is 0 Å². The lowest BCUT2D eigenvalue weighted by Crippen LogP contribution is -2.21. The normalized spacial score (nSPS) is 13.4. The van der Waals surface area contributed by atoms with Crippen LogP contribution in [-0.2, 0) is 6.42 Å². The fourth-order valence-electron chi connectivity index (χ4n) is 1.82. The molecule has 1 N–H and O–H groups in total. The van der Waals surface area contributed by atoms with Gasteiger partial charge in [-0.05, 0) is 38.3 Å². The molecule has 3 heteroatoms. The van der Waals surface area contributed by atoms with Crippen LogP contribution in [0.1, 0.15) is 25.1 Å². The highest BCUT2D eigenvalue weighted by molar-refractivity contribution is 7.09. The first-order valence-electron chi connectivity index (χ1n) is 5.24. The van der Waals surface area contributed by atoms with Crippen LogP contribution in [0.2, 0.25) is 0 Å². The molecule has 0 fully saturated rings. The average molecular weight is 212 g/mol. The smallest absolute Gasteiger partial charge is 0.0794 e. The molecule has 0 amide bonds. The largest absolute Gasteiger partial charge is 0.319 e. The van der Waals surface area contributed by atoms with E-state index < -0.39 is 0 Å². The minimum absolute atomic E-state index is 0.750. The fraction of sp³-hybridized carbons (Fsp3) is 0.727. The first kappa shape index (κ1) is 11.7. The molecule has 14 heavy (non-hydrogen) atoms. The summed E-state index contributed by atoms with van der Waals surface area (Å²) in [7, 11) is 2.03. The topological polar surface area (TPSA) is 24.9 Å². The Bertz CT molecular complexity index is 231. The van der Waals surface area contributed by atoms with Gasteiger partial charge in [-0.3, -0.25) is 4.98 Å². The van der Waals surface area contributed by atoms with Crippen LogP contribution in [0.4, 0.5) is 0 Å². The quantitative estimate of drug-likeness (QED) is 0.784. The zero-order valence-corrected chi connectivity index (χ0v) is 10.1. The molecule has 80 valence electrons. The summed E-state index contributed by atoms with van der Waals surface area (Å²) in [6.07, 6.45) is 4.45. The first-order valence-corrected chi connectivity index (χ1v) is 6.12. The van der Waals surface area contributed by atoms with Gasteiger partial charge in [0.05, 0.1) is 5.51 Å². The Morgan fingerprint density at radius 2 is 2.29 bits per heavy atom. The minimum atomic E-state index is 0.750. The molecule has 0 aromatic carbocycles. The lowest BCUT2D eigenvalue weighted by molar-refractivity contribution is 0.397. The third-order valence-electron chi connectivity index (χ3n) is 2.27. The number of hydrogen-bond acceptors (Lipinski definition) is 3. The van der Waals surface area contributed by atoms with Crippen molar-refractivity contribution in [3.63, 3.8) is 0 Å². The first-order chi connectivity index (χ1) is 6.72. The van der Waals surface area contributed by atoms with Crippen molar-refractivity contribution in [2.75, 3.05) is 13.6 Å². The van der Waals surface area contributed by atoms with Gasteiger partial charge >= 0.3 is 0 Å². The summed E-state index contributed by atoms with van der Waals surface area (Å²) < 4.78 is 0. The van der Waals surface area contributed by atoms with Crippen molar-refractivity contribution in [1.29, 1.82) is 0 Å². The molecule has 1 rings (SSSR count). The molecule has 0 aliphatic heterocycles. The highest BCUT2D eigenvalue weighted by Crippen LogP contribution is 2.18. The Morgan fingerprint density at radius 3 is 2.79 bits per heavy atom. The Hall–Kier alpha value is -0.410. The van der Waals surface area contributed by atoms with Crippen molar-refractivity contribution >= 4 is 11.3 Å². The summed E-state index contributed by atoms with van der Waals surface area (Å²) in [5.41, 5.74) is 1.92. The second-order valence-electron chi connectivity index (χ2n) is 4.23. The fourth-order valence-corrected chi connectivity index (χ4v) is 2.53. The molecular formula is C11H20N2S. The predicted octanol–water partition coefficient (Wildman–Crippen LogP) is 2.57. The van der Waals surface area contributed by atoms with E-state index in [1.165, 1.54) is 17.7 Å². The predicted molar refractivity (Wildman–Crippen MR) is 62.7 cm³/mol. The molecule has 1 heterocycles. The van der Waals surface area contributed by atoms with Gasteiger partial charge in [0.2, 0.25) is 0 Å². The van der Waals surface area contributed by atoms with Crippen molar-refractivity contribution in [2.45, 2.75) is 26.7 Å². The van der Waals surface area contributed by atoms with E-state index in [0.29, 0.717) is 0 Å². The lowest BCUT2D eigenvalue weighted by Gasteiger charge is -2.17. The third-order valence-corrected chi connectivity index (χ3v) is 3.07. The molecule has 0 saturated carbocycles. The molecule has 1 atom stereocenters. The molecule has 0 aliphatic carbocycles. The number of aromatic nitrogens is 1. The Kier molecular flexibility index (Phi) is 5.12. The van der Waals surface area contributed by atoms with Crippen molar-refractivity contribution in [2.24, 2.45) is 11.8 Å². The standard InChI is InChI=1S/C11H20N2S/c1-9(2)4-10(6-12-3)5-11-7-13-8-14-11/h7-10,12H,4-6H2,1-3H3. The molecule has 1 unspecified atom stereocenters. The highest BCUT2D eigenvalue weighted by Gasteiger charge is 2.11. The molecule has 0 spiro atoms. The summed E-state index contributed by atoms with van der Waals surface area (Å²) in [4.78, 5) is 5.52. The highest BCUT2D eigenvalue weighted by atomic mass is 32.1. The van der Waals surface area contributed by atoms with Gasteiger partial charge < -0.3 is 5.32 Å². The van der Waals surface area contributed by atoms with E-state index in [9.17, 15) is 0 Å². The third kappa shape index (κ3) is 4.20. The average Bonchev–Trinajstić information content (AvgIpc) is 2.56. The van der Waals surface area contributed by atoms with E-state index in [4.69, 9.17) is 0 Å². The van der Waals surface area contributed by atoms with Crippen LogP contribution >= 0.6 is 11.3 Å². The van der Waals surface area contributed by atoms with Gasteiger partial charge in [0.15, 0.2) is 0 Å². The van der Waals surface area contributed by atoms with Crippen molar-refractivity contribution in [3.8, 4) is 0 Å². The van der Waals surface area contributed by atoms with E-state index in [1.807, 2.05) is 18.8 Å². The summed E-state index contributed by atoms with van der Waals surface area (Å²) >= 11 is 1.77. The number of thiazole rings is 1. The summed E-state index contributed by atoms with van der Waals surface area (Å²) in [6.45, 7) is 5.68. The van der Waals surface area contributed by atoms with Gasteiger partial charge in [-0.2, -0.15) is 0 Å². The molecular weight excluding hydrogens is 192 g/mol. The zero-order chi connectivity index (χ0) is 10.4. The number of hydrogen-bond donors (Lipinski definition) is 1. The van der Waals surface area contributed by atoms with Gasteiger partial charge in [0.25, 0.3) is 0 Å². The molecule has 1 aromatic heterocycles. The van der Waals surface area contributed by atoms with Crippen LogP contribution in [0.5, 0.6) is 0 Å². The van der Waals surface area contributed by atoms with Crippen LogP contribution in [0.15, 0.2) is 11.7 Å². The molecule has 0 radical (unpaired) electrons. The molecule has 0 bridgehead atoms. The van der Waals surface area contributed by atoms with E-state index in [2.05, 4.69) is 24.1 Å². The van der Waals surface area contributed by atoms with E-state index in [-0.39, 0.29) is 0 Å². The molecule has 0 saturated heterocycles. The SMILES string of the molecule is CNCC(Cc1cncs1)CC(C)C.